The molecule has 2 aromatic rings. The highest BCUT2D eigenvalue weighted by atomic mass is 35.5. The topological polar surface area (TPSA) is 25.8 Å². The minimum absolute atomic E-state index is 0.137. The Bertz CT molecular complexity index is 479. The highest BCUT2D eigenvalue weighted by molar-refractivity contribution is 7.17. The van der Waals surface area contributed by atoms with E-state index in [0.29, 0.717) is 4.70 Å². The number of thiophene rings is 1. The molecule has 2 aromatic heterocycles. The Balaban J connectivity index is 2.73. The number of nitrogens with zero attached hydrogens (tertiary/aromatic N) is 2. The van der Waals surface area contributed by atoms with E-state index in [1.54, 1.807) is 0 Å². The molecule has 0 bridgehead atoms. The second-order valence-corrected chi connectivity index (χ2v) is 3.75. The summed E-state index contributed by atoms with van der Waals surface area (Å²) in [5.74, 6) is 0. The third kappa shape index (κ3) is 1.55. The van der Waals surface area contributed by atoms with Gasteiger partial charge in [-0.15, -0.1) is 11.3 Å². The number of fused-ring (bicyclic) bond motifs is 1. The van der Waals surface area contributed by atoms with Gasteiger partial charge in [0.2, 0.25) is 5.28 Å². The van der Waals surface area contributed by atoms with Crippen LogP contribution in [0.1, 0.15) is 5.56 Å². The molecule has 0 saturated carbocycles. The molecule has 0 amide bonds. The second-order valence-electron chi connectivity index (χ2n) is 2.50. The van der Waals surface area contributed by atoms with E-state index in [1.807, 2.05) is 0 Å². The maximum Gasteiger partial charge on any atom is 0.419 e. The number of rotatable bonds is 0. The van der Waals surface area contributed by atoms with Gasteiger partial charge >= 0.3 is 6.18 Å². The summed E-state index contributed by atoms with van der Waals surface area (Å²) in [6, 6.07) is 0. The van der Waals surface area contributed by atoms with Crippen LogP contribution in [0.15, 0.2) is 11.6 Å². The van der Waals surface area contributed by atoms with E-state index in [-0.39, 0.29) is 10.8 Å². The highest BCUT2D eigenvalue weighted by Crippen LogP contribution is 2.37. The van der Waals surface area contributed by atoms with E-state index in [9.17, 15) is 13.2 Å². The largest absolute Gasteiger partial charge is 0.419 e. The molecule has 2 heterocycles. The summed E-state index contributed by atoms with van der Waals surface area (Å²) < 4.78 is 37.5. The lowest BCUT2D eigenvalue weighted by molar-refractivity contribution is -0.136. The number of hydrogen-bond acceptors (Lipinski definition) is 3. The molecule has 14 heavy (non-hydrogen) atoms. The van der Waals surface area contributed by atoms with Crippen molar-refractivity contribution in [1.29, 1.82) is 0 Å². The van der Waals surface area contributed by atoms with Crippen molar-refractivity contribution in [1.82, 2.24) is 9.97 Å². The Morgan fingerprint density at radius 2 is 2.07 bits per heavy atom. The molecule has 74 valence electrons. The first kappa shape index (κ1) is 9.67. The van der Waals surface area contributed by atoms with E-state index in [4.69, 9.17) is 11.6 Å². The van der Waals surface area contributed by atoms with Crippen LogP contribution in [-0.2, 0) is 6.18 Å². The molecule has 0 aliphatic carbocycles. The van der Waals surface area contributed by atoms with Crippen LogP contribution in [0.25, 0.3) is 10.2 Å². The molecule has 0 fully saturated rings. The molecule has 0 aliphatic heterocycles. The standard InChI is InChI=1S/C7H2ClF3N2S/c8-6-12-1-4-5(13-6)3(2-14-4)7(9,10)11/h1-2H. The van der Waals surface area contributed by atoms with Gasteiger partial charge in [0.15, 0.2) is 0 Å². The SMILES string of the molecule is FC(F)(F)c1csc2cnc(Cl)nc12. The summed E-state index contributed by atoms with van der Waals surface area (Å²) in [6.07, 6.45) is -3.11. The van der Waals surface area contributed by atoms with E-state index >= 15 is 0 Å². The molecular weight excluding hydrogens is 237 g/mol. The van der Waals surface area contributed by atoms with Crippen LogP contribution in [-0.4, -0.2) is 9.97 Å². The van der Waals surface area contributed by atoms with E-state index in [0.717, 1.165) is 16.7 Å². The molecule has 0 aromatic carbocycles. The van der Waals surface area contributed by atoms with Gasteiger partial charge in [0.05, 0.1) is 15.8 Å². The molecule has 0 atom stereocenters. The normalized spacial score (nSPS) is 12.3. The van der Waals surface area contributed by atoms with Gasteiger partial charge in [0, 0.05) is 11.6 Å². The fraction of sp³-hybridized carbons (Fsp3) is 0.143. The molecule has 0 unspecified atom stereocenters. The lowest BCUT2D eigenvalue weighted by Crippen LogP contribution is -2.04. The monoisotopic (exact) mass is 238 g/mol. The number of aromatic nitrogens is 2. The fourth-order valence-electron chi connectivity index (χ4n) is 1.01. The van der Waals surface area contributed by atoms with Gasteiger partial charge in [-0.1, -0.05) is 0 Å². The maximum absolute atomic E-state index is 12.4. The molecule has 0 aliphatic rings. The minimum atomic E-state index is -4.39. The third-order valence-electron chi connectivity index (χ3n) is 1.59. The van der Waals surface area contributed by atoms with Crippen LogP contribution >= 0.6 is 22.9 Å². The van der Waals surface area contributed by atoms with Gasteiger partial charge in [0.25, 0.3) is 0 Å². The van der Waals surface area contributed by atoms with Crippen molar-refractivity contribution in [2.24, 2.45) is 0 Å². The van der Waals surface area contributed by atoms with Crippen molar-refractivity contribution in [3.63, 3.8) is 0 Å². The highest BCUT2D eigenvalue weighted by Gasteiger charge is 2.34. The van der Waals surface area contributed by atoms with Gasteiger partial charge in [-0.3, -0.25) is 0 Å². The molecule has 0 N–H and O–H groups in total. The lowest BCUT2D eigenvalue weighted by atomic mass is 10.3. The van der Waals surface area contributed by atoms with Crippen LogP contribution in [0.5, 0.6) is 0 Å². The minimum Gasteiger partial charge on any atom is -0.225 e. The molecule has 2 rings (SSSR count). The molecule has 0 saturated heterocycles. The molecule has 2 nitrogen and oxygen atoms in total. The summed E-state index contributed by atoms with van der Waals surface area (Å²) in [4.78, 5) is 7.15. The quantitative estimate of drug-likeness (QED) is 0.658. The van der Waals surface area contributed by atoms with Crippen molar-refractivity contribution in [3.8, 4) is 0 Å². The van der Waals surface area contributed by atoms with Gasteiger partial charge < -0.3 is 0 Å². The van der Waals surface area contributed by atoms with Crippen LogP contribution in [0.4, 0.5) is 13.2 Å². The smallest absolute Gasteiger partial charge is 0.225 e. The van der Waals surface area contributed by atoms with Crippen LogP contribution in [0, 0.1) is 0 Å². The second kappa shape index (κ2) is 3.06. The van der Waals surface area contributed by atoms with E-state index < -0.39 is 11.7 Å². The van der Waals surface area contributed by atoms with Crippen molar-refractivity contribution in [3.05, 3.63) is 22.4 Å². The zero-order valence-electron chi connectivity index (χ0n) is 6.47. The Hall–Kier alpha value is -0.880. The zero-order valence-corrected chi connectivity index (χ0v) is 8.04. The first-order chi connectivity index (χ1) is 6.48. The molecular formula is C7H2ClF3N2S. The van der Waals surface area contributed by atoms with Crippen LogP contribution in [0.3, 0.4) is 0 Å². The molecule has 7 heteroatoms. The van der Waals surface area contributed by atoms with E-state index in [1.165, 1.54) is 6.20 Å². The predicted octanol–water partition coefficient (Wildman–Crippen LogP) is 3.36. The van der Waals surface area contributed by atoms with Gasteiger partial charge in [-0.05, 0) is 11.6 Å². The van der Waals surface area contributed by atoms with Gasteiger partial charge in [-0.25, -0.2) is 9.97 Å². The summed E-state index contributed by atoms with van der Waals surface area (Å²) in [6.45, 7) is 0. The van der Waals surface area contributed by atoms with Crippen molar-refractivity contribution < 1.29 is 13.2 Å². The first-order valence-electron chi connectivity index (χ1n) is 3.45. The number of halogens is 4. The van der Waals surface area contributed by atoms with Gasteiger partial charge in [0.1, 0.15) is 0 Å². The average molecular weight is 239 g/mol. The predicted molar refractivity (Wildman–Crippen MR) is 47.4 cm³/mol. The number of hydrogen-bond donors (Lipinski definition) is 0. The Morgan fingerprint density at radius 3 is 2.71 bits per heavy atom. The van der Waals surface area contributed by atoms with Crippen LogP contribution < -0.4 is 0 Å². The molecule has 0 radical (unpaired) electrons. The summed E-state index contributed by atoms with van der Waals surface area (Å²) in [5, 5.41) is 0.830. The van der Waals surface area contributed by atoms with E-state index in [2.05, 4.69) is 9.97 Å². The fourth-order valence-corrected chi connectivity index (χ4v) is 2.01. The summed E-state index contributed by atoms with van der Waals surface area (Å²) in [7, 11) is 0. The Labute approximate surface area is 85.4 Å². The van der Waals surface area contributed by atoms with Gasteiger partial charge in [-0.2, -0.15) is 13.2 Å². The van der Waals surface area contributed by atoms with Crippen LogP contribution in [0.2, 0.25) is 5.28 Å². The third-order valence-corrected chi connectivity index (χ3v) is 2.68. The summed E-state index contributed by atoms with van der Waals surface area (Å²) >= 11 is 6.36. The lowest BCUT2D eigenvalue weighted by Gasteiger charge is -2.02. The first-order valence-corrected chi connectivity index (χ1v) is 4.71. The summed E-state index contributed by atoms with van der Waals surface area (Å²) in [5.41, 5.74) is -0.899. The Morgan fingerprint density at radius 1 is 1.36 bits per heavy atom. The van der Waals surface area contributed by atoms with Crippen molar-refractivity contribution >= 4 is 33.2 Å². The Kier molecular flexibility index (Phi) is 2.11. The maximum atomic E-state index is 12.4. The molecule has 0 spiro atoms. The zero-order chi connectivity index (χ0) is 10.3. The van der Waals surface area contributed by atoms with Crippen molar-refractivity contribution in [2.75, 3.05) is 0 Å². The van der Waals surface area contributed by atoms with Crippen molar-refractivity contribution in [2.45, 2.75) is 6.18 Å². The average Bonchev–Trinajstić information content (AvgIpc) is 2.45. The number of alkyl halides is 3.